The molecule has 0 saturated heterocycles. The van der Waals surface area contributed by atoms with Gasteiger partial charge in [-0.15, -0.1) is 0 Å². The van der Waals surface area contributed by atoms with Crippen molar-refractivity contribution in [3.8, 4) is 0 Å². The fraction of sp³-hybridized carbons (Fsp3) is 0.808. The first kappa shape index (κ1) is 31.1. The van der Waals surface area contributed by atoms with E-state index in [4.69, 9.17) is 10.2 Å². The fourth-order valence-corrected chi connectivity index (χ4v) is 4.30. The van der Waals surface area contributed by atoms with Crippen molar-refractivity contribution in [3.63, 3.8) is 0 Å². The molecule has 0 aromatic heterocycles. The Kier molecular flexibility index (Phi) is 19.5. The van der Waals surface area contributed by atoms with Crippen LogP contribution in [0.2, 0.25) is 0 Å². The third-order valence-electron chi connectivity index (χ3n) is 6.05. The normalized spacial score (nSPS) is 11.8. The van der Waals surface area contributed by atoms with E-state index in [0.717, 1.165) is 38.5 Å². The molecule has 0 saturated carbocycles. The highest BCUT2D eigenvalue weighted by molar-refractivity contribution is 5.72. The number of carbonyl (C=O) groups is 3. The van der Waals surface area contributed by atoms with Crippen LogP contribution in [-0.4, -0.2) is 58.8 Å². The van der Waals surface area contributed by atoms with E-state index in [0.29, 0.717) is 6.42 Å². The highest BCUT2D eigenvalue weighted by Crippen LogP contribution is 2.14. The molecule has 0 heterocycles. The Hall–Kier alpha value is -1.89. The number of hydrogen-bond donors (Lipinski definition) is 2. The maximum atomic E-state index is 11.1. The largest absolute Gasteiger partial charge is 0.544 e. The van der Waals surface area contributed by atoms with E-state index in [9.17, 15) is 19.5 Å². The molecule has 0 fully saturated rings. The van der Waals surface area contributed by atoms with Gasteiger partial charge < -0.3 is 24.6 Å². The second-order valence-corrected chi connectivity index (χ2v) is 9.34. The molecule has 2 N–H and O–H groups in total. The summed E-state index contributed by atoms with van der Waals surface area (Å²) in [6.45, 7) is 0.820. The summed E-state index contributed by atoms with van der Waals surface area (Å²) in [5.74, 6) is -3.83. The molecule has 33 heavy (non-hydrogen) atoms. The monoisotopic (exact) mass is 469 g/mol. The van der Waals surface area contributed by atoms with Gasteiger partial charge >= 0.3 is 11.9 Å². The number of rotatable bonds is 24. The SMILES string of the molecule is CCCCCCCCCCC/C=C\CCCCCCC[N+](CC(=O)[O-])(CC(=O)O)CC(=O)O. The molecule has 0 bridgehead atoms. The smallest absolute Gasteiger partial charge is 0.359 e. The van der Waals surface area contributed by atoms with Crippen LogP contribution in [0.3, 0.4) is 0 Å². The van der Waals surface area contributed by atoms with Gasteiger partial charge in [-0.3, -0.25) is 0 Å². The summed E-state index contributed by atoms with van der Waals surface area (Å²) in [5.41, 5.74) is 0. The maximum absolute atomic E-state index is 11.1. The van der Waals surface area contributed by atoms with E-state index in [-0.39, 0.29) is 6.54 Å². The van der Waals surface area contributed by atoms with Gasteiger partial charge in [-0.1, -0.05) is 83.3 Å². The van der Waals surface area contributed by atoms with Gasteiger partial charge in [0.15, 0.2) is 13.1 Å². The lowest BCUT2D eigenvalue weighted by Gasteiger charge is -2.36. The summed E-state index contributed by atoms with van der Waals surface area (Å²) in [6, 6.07) is 0. The van der Waals surface area contributed by atoms with Crippen molar-refractivity contribution in [1.29, 1.82) is 0 Å². The Bertz CT molecular complexity index is 520. The van der Waals surface area contributed by atoms with Crippen LogP contribution in [0, 0.1) is 0 Å². The van der Waals surface area contributed by atoms with Crippen LogP contribution in [-0.2, 0) is 14.4 Å². The summed E-state index contributed by atoms with van der Waals surface area (Å²) in [6.07, 6.45) is 23.4. The van der Waals surface area contributed by atoms with Crippen LogP contribution in [0.5, 0.6) is 0 Å². The number of unbranched alkanes of at least 4 members (excludes halogenated alkanes) is 14. The first-order valence-corrected chi connectivity index (χ1v) is 12.9. The minimum Gasteiger partial charge on any atom is -0.544 e. The molecule has 7 heteroatoms. The lowest BCUT2D eigenvalue weighted by molar-refractivity contribution is -0.909. The number of carbonyl (C=O) groups excluding carboxylic acids is 1. The number of quaternary nitrogens is 1. The third kappa shape index (κ3) is 20.4. The van der Waals surface area contributed by atoms with Gasteiger partial charge in [-0.2, -0.15) is 0 Å². The fourth-order valence-electron chi connectivity index (χ4n) is 4.30. The zero-order chi connectivity index (χ0) is 24.8. The van der Waals surface area contributed by atoms with Gasteiger partial charge in [0.25, 0.3) is 0 Å². The molecule has 0 amide bonds. The van der Waals surface area contributed by atoms with E-state index < -0.39 is 42.0 Å². The molecular weight excluding hydrogens is 422 g/mol. The van der Waals surface area contributed by atoms with Crippen LogP contribution in [0.1, 0.15) is 110 Å². The molecule has 0 radical (unpaired) electrons. The first-order chi connectivity index (χ1) is 15.8. The van der Waals surface area contributed by atoms with E-state index in [1.807, 2.05) is 0 Å². The maximum Gasteiger partial charge on any atom is 0.359 e. The average Bonchev–Trinajstić information content (AvgIpc) is 2.71. The van der Waals surface area contributed by atoms with Crippen molar-refractivity contribution in [2.45, 2.75) is 110 Å². The predicted molar refractivity (Wildman–Crippen MR) is 129 cm³/mol. The first-order valence-electron chi connectivity index (χ1n) is 12.9. The molecule has 0 aromatic rings. The lowest BCUT2D eigenvalue weighted by Crippen LogP contribution is -2.59. The van der Waals surface area contributed by atoms with Gasteiger partial charge in [-0.25, -0.2) is 9.59 Å². The van der Waals surface area contributed by atoms with Crippen molar-refractivity contribution >= 4 is 17.9 Å². The highest BCUT2D eigenvalue weighted by atomic mass is 16.4. The Morgan fingerprint density at radius 3 is 1.42 bits per heavy atom. The zero-order valence-electron chi connectivity index (χ0n) is 20.8. The minimum atomic E-state index is -1.42. The standard InChI is InChI=1S/C26H47NO6/c1-2-3-4-5-6-7-8-9-10-11-12-13-14-15-16-17-18-19-20-27(21-24(28)29,22-25(30)31)23-26(32)33/h12-13H,2-11,14-23H2,1H3,(H2-,28,29,30,31,32,33)/b13-12-. The Morgan fingerprint density at radius 1 is 0.636 bits per heavy atom. The van der Waals surface area contributed by atoms with Crippen molar-refractivity contribution in [2.75, 3.05) is 26.2 Å². The molecule has 0 aromatic carbocycles. The number of hydrogen-bond acceptors (Lipinski definition) is 4. The molecule has 192 valence electrons. The molecule has 0 aliphatic rings. The number of allylic oxidation sites excluding steroid dienone is 2. The highest BCUT2D eigenvalue weighted by Gasteiger charge is 2.33. The Balaban J connectivity index is 3.83. The number of nitrogens with zero attached hydrogens (tertiary/aromatic N) is 1. The molecule has 0 aliphatic carbocycles. The third-order valence-corrected chi connectivity index (χ3v) is 6.05. The average molecular weight is 470 g/mol. The summed E-state index contributed by atoms with van der Waals surface area (Å²) >= 11 is 0. The topological polar surface area (TPSA) is 115 Å². The summed E-state index contributed by atoms with van der Waals surface area (Å²) < 4.78 is -0.505. The van der Waals surface area contributed by atoms with E-state index in [1.165, 1.54) is 57.8 Å². The van der Waals surface area contributed by atoms with Crippen molar-refractivity contribution in [1.82, 2.24) is 0 Å². The van der Waals surface area contributed by atoms with Gasteiger partial charge in [0.2, 0.25) is 0 Å². The van der Waals surface area contributed by atoms with Gasteiger partial charge in [0.1, 0.15) is 6.54 Å². The molecule has 0 aliphatic heterocycles. The lowest BCUT2D eigenvalue weighted by atomic mass is 10.1. The van der Waals surface area contributed by atoms with E-state index >= 15 is 0 Å². The number of carboxylic acid groups (broad SMARTS) is 3. The zero-order valence-corrected chi connectivity index (χ0v) is 20.8. The van der Waals surface area contributed by atoms with Crippen molar-refractivity contribution in [2.24, 2.45) is 0 Å². The quantitative estimate of drug-likeness (QED) is 0.122. The van der Waals surface area contributed by atoms with Crippen molar-refractivity contribution in [3.05, 3.63) is 12.2 Å². The van der Waals surface area contributed by atoms with Crippen molar-refractivity contribution < 1.29 is 34.2 Å². The van der Waals surface area contributed by atoms with E-state index in [1.54, 1.807) is 0 Å². The molecule has 0 atom stereocenters. The summed E-state index contributed by atoms with van der Waals surface area (Å²) in [7, 11) is 0. The summed E-state index contributed by atoms with van der Waals surface area (Å²) in [4.78, 5) is 33.3. The Morgan fingerprint density at radius 2 is 1.03 bits per heavy atom. The summed E-state index contributed by atoms with van der Waals surface area (Å²) in [5, 5.41) is 29.2. The van der Waals surface area contributed by atoms with Gasteiger partial charge in [0.05, 0.1) is 12.5 Å². The number of aliphatic carboxylic acids is 3. The van der Waals surface area contributed by atoms with Crippen LogP contribution >= 0.6 is 0 Å². The van der Waals surface area contributed by atoms with Crippen LogP contribution in [0.15, 0.2) is 12.2 Å². The molecule has 0 spiro atoms. The van der Waals surface area contributed by atoms with Crippen LogP contribution < -0.4 is 5.11 Å². The second kappa shape index (κ2) is 20.7. The van der Waals surface area contributed by atoms with E-state index in [2.05, 4.69) is 19.1 Å². The van der Waals surface area contributed by atoms with Crippen LogP contribution in [0.25, 0.3) is 0 Å². The molecule has 0 unspecified atom stereocenters. The Labute approximate surface area is 200 Å². The van der Waals surface area contributed by atoms with Gasteiger partial charge in [-0.05, 0) is 38.5 Å². The predicted octanol–water partition coefficient (Wildman–Crippen LogP) is 4.54. The van der Waals surface area contributed by atoms with Gasteiger partial charge in [0, 0.05) is 0 Å². The second-order valence-electron chi connectivity index (χ2n) is 9.34. The molecule has 7 nitrogen and oxygen atoms in total. The van der Waals surface area contributed by atoms with Crippen LogP contribution in [0.4, 0.5) is 0 Å². The molecular formula is C26H47NO6. The minimum absolute atomic E-state index is 0.214. The molecule has 0 rings (SSSR count). The number of carboxylic acids is 3.